The lowest BCUT2D eigenvalue weighted by Gasteiger charge is -2.13. The van der Waals surface area contributed by atoms with Crippen LogP contribution in [0.5, 0.6) is 5.75 Å². The van der Waals surface area contributed by atoms with Crippen molar-refractivity contribution >= 4 is 5.91 Å². The number of hydrogen-bond donors (Lipinski definition) is 2. The van der Waals surface area contributed by atoms with Crippen LogP contribution in [0.15, 0.2) is 54.7 Å². The molecule has 0 aliphatic heterocycles. The first-order chi connectivity index (χ1) is 14.0. The first kappa shape index (κ1) is 20.5. The van der Waals surface area contributed by atoms with Gasteiger partial charge >= 0.3 is 0 Å². The molecule has 1 amide bonds. The van der Waals surface area contributed by atoms with E-state index < -0.39 is 6.04 Å². The van der Waals surface area contributed by atoms with Crippen LogP contribution in [0.2, 0.25) is 0 Å². The molecule has 0 aliphatic rings. The van der Waals surface area contributed by atoms with Gasteiger partial charge in [0.2, 0.25) is 5.91 Å². The fraction of sp³-hybridized carbons (Fsp3) is 0.286. The third kappa shape index (κ3) is 5.39. The van der Waals surface area contributed by atoms with E-state index in [0.29, 0.717) is 18.0 Å². The lowest BCUT2D eigenvalue weighted by molar-refractivity contribution is -0.124. The van der Waals surface area contributed by atoms with Gasteiger partial charge in [-0.05, 0) is 49.2 Å². The Hall–Kier alpha value is -3.26. The van der Waals surface area contributed by atoms with Crippen LogP contribution in [0, 0.1) is 5.82 Å². The summed E-state index contributed by atoms with van der Waals surface area (Å²) in [5.74, 6) is 0.109. The number of ether oxygens (including phenoxy) is 1. The Balaban J connectivity index is 1.57. The molecular formula is C21H23FN4O3. The molecule has 29 heavy (non-hydrogen) atoms. The summed E-state index contributed by atoms with van der Waals surface area (Å²) >= 11 is 0. The predicted octanol–water partition coefficient (Wildman–Crippen LogP) is 2.93. The van der Waals surface area contributed by atoms with Crippen LogP contribution in [0.1, 0.15) is 42.8 Å². The first-order valence-electron chi connectivity index (χ1n) is 9.26. The Morgan fingerprint density at radius 1 is 1.14 bits per heavy atom. The third-order valence-electron chi connectivity index (χ3n) is 4.52. The fourth-order valence-electron chi connectivity index (χ4n) is 2.66. The second-order valence-corrected chi connectivity index (χ2v) is 6.71. The molecule has 0 spiro atoms. The van der Waals surface area contributed by atoms with Gasteiger partial charge in [0.25, 0.3) is 0 Å². The second-order valence-electron chi connectivity index (χ2n) is 6.71. The molecule has 2 unspecified atom stereocenters. The van der Waals surface area contributed by atoms with Gasteiger partial charge in [-0.25, -0.2) is 9.07 Å². The predicted molar refractivity (Wildman–Crippen MR) is 104 cm³/mol. The van der Waals surface area contributed by atoms with Crippen LogP contribution >= 0.6 is 0 Å². The van der Waals surface area contributed by atoms with Crippen LogP contribution in [-0.4, -0.2) is 26.0 Å². The van der Waals surface area contributed by atoms with E-state index in [1.54, 1.807) is 49.5 Å². The topological polar surface area (TPSA) is 89.3 Å². The molecule has 3 rings (SSSR count). The molecule has 2 atom stereocenters. The summed E-state index contributed by atoms with van der Waals surface area (Å²) in [6, 6.07) is 12.5. The summed E-state index contributed by atoms with van der Waals surface area (Å²) in [5, 5.41) is 20.0. The monoisotopic (exact) mass is 398 g/mol. The normalized spacial score (nSPS) is 13.0. The van der Waals surface area contributed by atoms with E-state index in [2.05, 4.69) is 15.6 Å². The minimum atomic E-state index is -0.562. The van der Waals surface area contributed by atoms with Gasteiger partial charge in [0.15, 0.2) is 0 Å². The fourth-order valence-corrected chi connectivity index (χ4v) is 2.66. The molecule has 0 radical (unpaired) electrons. The standard InChI is InChI=1S/C21H23FN4O3/c1-14(21(28)23-11-16-3-7-18(22)8-4-16)26-12-20(24-25-26)15(2)29-19-9-5-17(13-27)6-10-19/h3-10,12,14-15,27H,11,13H2,1-2H3,(H,23,28). The zero-order valence-electron chi connectivity index (χ0n) is 16.2. The van der Waals surface area contributed by atoms with E-state index in [-0.39, 0.29) is 24.4 Å². The van der Waals surface area contributed by atoms with E-state index in [1.165, 1.54) is 16.8 Å². The molecule has 0 aliphatic carbocycles. The summed E-state index contributed by atoms with van der Waals surface area (Å²) in [6.45, 7) is 3.84. The lowest BCUT2D eigenvalue weighted by atomic mass is 10.2. The Kier molecular flexibility index (Phi) is 6.56. The van der Waals surface area contributed by atoms with Crippen molar-refractivity contribution in [1.82, 2.24) is 20.3 Å². The molecule has 8 heteroatoms. The van der Waals surface area contributed by atoms with E-state index in [0.717, 1.165) is 11.1 Å². The Morgan fingerprint density at radius 2 is 1.79 bits per heavy atom. The highest BCUT2D eigenvalue weighted by atomic mass is 19.1. The van der Waals surface area contributed by atoms with Gasteiger partial charge in [0.1, 0.15) is 29.4 Å². The molecule has 0 saturated heterocycles. The molecule has 152 valence electrons. The minimum absolute atomic E-state index is 0.0225. The smallest absolute Gasteiger partial charge is 0.244 e. The number of aliphatic hydroxyl groups excluding tert-OH is 1. The molecule has 2 N–H and O–H groups in total. The van der Waals surface area contributed by atoms with E-state index in [9.17, 15) is 9.18 Å². The maximum Gasteiger partial charge on any atom is 0.244 e. The van der Waals surface area contributed by atoms with Gasteiger partial charge in [0, 0.05) is 6.54 Å². The van der Waals surface area contributed by atoms with E-state index in [4.69, 9.17) is 9.84 Å². The Morgan fingerprint density at radius 3 is 2.45 bits per heavy atom. The number of hydrogen-bond acceptors (Lipinski definition) is 5. The van der Waals surface area contributed by atoms with Crippen LogP contribution < -0.4 is 10.1 Å². The van der Waals surface area contributed by atoms with Crippen molar-refractivity contribution in [2.24, 2.45) is 0 Å². The van der Waals surface area contributed by atoms with Gasteiger partial charge in [-0.1, -0.05) is 29.5 Å². The zero-order valence-corrected chi connectivity index (χ0v) is 16.2. The molecule has 2 aromatic carbocycles. The Bertz CT molecular complexity index is 941. The van der Waals surface area contributed by atoms with Gasteiger partial charge < -0.3 is 15.2 Å². The molecule has 1 aromatic heterocycles. The van der Waals surface area contributed by atoms with Gasteiger partial charge in [-0.2, -0.15) is 0 Å². The quantitative estimate of drug-likeness (QED) is 0.609. The third-order valence-corrected chi connectivity index (χ3v) is 4.52. The number of carbonyl (C=O) groups excluding carboxylic acids is 1. The van der Waals surface area contributed by atoms with Crippen molar-refractivity contribution in [1.29, 1.82) is 0 Å². The first-order valence-corrected chi connectivity index (χ1v) is 9.26. The molecule has 0 bridgehead atoms. The summed E-state index contributed by atoms with van der Waals surface area (Å²) < 4.78 is 20.3. The number of nitrogens with zero attached hydrogens (tertiary/aromatic N) is 3. The maximum atomic E-state index is 12.9. The van der Waals surface area contributed by atoms with Crippen molar-refractivity contribution in [2.45, 2.75) is 39.1 Å². The summed E-state index contributed by atoms with van der Waals surface area (Å²) in [5.41, 5.74) is 2.20. The van der Waals surface area contributed by atoms with Crippen LogP contribution in [0.25, 0.3) is 0 Å². The second kappa shape index (κ2) is 9.29. The molecular weight excluding hydrogens is 375 g/mol. The number of benzene rings is 2. The van der Waals surface area contributed by atoms with Crippen LogP contribution in [0.3, 0.4) is 0 Å². The van der Waals surface area contributed by atoms with E-state index >= 15 is 0 Å². The highest BCUT2D eigenvalue weighted by molar-refractivity contribution is 5.79. The highest BCUT2D eigenvalue weighted by Gasteiger charge is 2.19. The lowest BCUT2D eigenvalue weighted by Crippen LogP contribution is -2.30. The molecule has 0 fully saturated rings. The van der Waals surface area contributed by atoms with Crippen LogP contribution in [0.4, 0.5) is 4.39 Å². The van der Waals surface area contributed by atoms with Crippen molar-refractivity contribution in [3.05, 3.63) is 77.4 Å². The number of rotatable bonds is 8. The molecule has 0 saturated carbocycles. The van der Waals surface area contributed by atoms with Gasteiger partial charge in [-0.3, -0.25) is 4.79 Å². The van der Waals surface area contributed by atoms with Crippen molar-refractivity contribution in [3.8, 4) is 5.75 Å². The van der Waals surface area contributed by atoms with E-state index in [1.807, 2.05) is 6.92 Å². The van der Waals surface area contributed by atoms with Crippen molar-refractivity contribution < 1.29 is 19.0 Å². The molecule has 7 nitrogen and oxygen atoms in total. The summed E-state index contributed by atoms with van der Waals surface area (Å²) in [4.78, 5) is 12.4. The number of nitrogens with one attached hydrogen (secondary N) is 1. The molecule has 3 aromatic rings. The number of aliphatic hydroxyl groups is 1. The summed E-state index contributed by atoms with van der Waals surface area (Å²) in [6.07, 6.45) is 1.31. The zero-order chi connectivity index (χ0) is 20.8. The number of aromatic nitrogens is 3. The average molecular weight is 398 g/mol. The molecule has 1 heterocycles. The minimum Gasteiger partial charge on any atom is -0.484 e. The average Bonchev–Trinajstić information content (AvgIpc) is 3.23. The number of carbonyl (C=O) groups is 1. The van der Waals surface area contributed by atoms with Gasteiger partial charge in [0.05, 0.1) is 12.8 Å². The van der Waals surface area contributed by atoms with Crippen molar-refractivity contribution in [2.75, 3.05) is 0 Å². The maximum absolute atomic E-state index is 12.9. The SMILES string of the molecule is CC(Oc1ccc(CO)cc1)c1cn(C(C)C(=O)NCc2ccc(F)cc2)nn1. The van der Waals surface area contributed by atoms with Crippen LogP contribution in [-0.2, 0) is 17.9 Å². The highest BCUT2D eigenvalue weighted by Crippen LogP contribution is 2.21. The Labute approximate surface area is 168 Å². The largest absolute Gasteiger partial charge is 0.484 e. The summed E-state index contributed by atoms with van der Waals surface area (Å²) in [7, 11) is 0. The van der Waals surface area contributed by atoms with Crippen molar-refractivity contribution in [3.63, 3.8) is 0 Å². The van der Waals surface area contributed by atoms with Gasteiger partial charge in [-0.15, -0.1) is 5.10 Å². The number of amides is 1. The number of halogens is 1.